The molecule has 1 rings (SSSR count). The molecule has 2 N–H and O–H groups in total. The van der Waals surface area contributed by atoms with Gasteiger partial charge >= 0.3 is 0 Å². The monoisotopic (exact) mass is 222 g/mol. The summed E-state index contributed by atoms with van der Waals surface area (Å²) in [6.07, 6.45) is 0. The molecule has 4 nitrogen and oxygen atoms in total. The zero-order valence-electron chi connectivity index (χ0n) is 6.38. The third kappa shape index (κ3) is 2.67. The van der Waals surface area contributed by atoms with Gasteiger partial charge in [-0.1, -0.05) is 23.7 Å². The average molecular weight is 223 g/mol. The molecular weight excluding hydrogens is 216 g/mol. The molecule has 0 bridgehead atoms. The van der Waals surface area contributed by atoms with E-state index < -0.39 is 15.6 Å². The molecule has 1 unspecified atom stereocenters. The van der Waals surface area contributed by atoms with Crippen LogP contribution in [0.4, 0.5) is 0 Å². The highest BCUT2D eigenvalue weighted by atomic mass is 35.5. The van der Waals surface area contributed by atoms with Crippen LogP contribution >= 0.6 is 11.6 Å². The van der Waals surface area contributed by atoms with E-state index in [0.717, 1.165) is 0 Å². The van der Waals surface area contributed by atoms with Gasteiger partial charge < -0.3 is 5.11 Å². The van der Waals surface area contributed by atoms with Gasteiger partial charge in [-0.05, 0) is 17.7 Å². The number of halogens is 1. The lowest BCUT2D eigenvalue weighted by Crippen LogP contribution is -2.10. The second kappa shape index (κ2) is 3.63. The standard InChI is InChI=1S/C7H7ClO4S/c8-6-3-1-5(2-4-6)7(9)13(10,11)12/h1-4,7,9H,(H,10,11,12). The van der Waals surface area contributed by atoms with E-state index in [0.29, 0.717) is 5.02 Å². The number of benzene rings is 1. The molecule has 13 heavy (non-hydrogen) atoms. The summed E-state index contributed by atoms with van der Waals surface area (Å²) in [6.45, 7) is 0. The van der Waals surface area contributed by atoms with Gasteiger partial charge in [-0.3, -0.25) is 4.55 Å². The van der Waals surface area contributed by atoms with Gasteiger partial charge in [0.25, 0.3) is 10.1 Å². The van der Waals surface area contributed by atoms with E-state index >= 15 is 0 Å². The first-order chi connectivity index (χ1) is 5.91. The van der Waals surface area contributed by atoms with Gasteiger partial charge in [0.15, 0.2) is 0 Å². The smallest absolute Gasteiger partial charge is 0.296 e. The van der Waals surface area contributed by atoms with Crippen LogP contribution in [0.2, 0.25) is 5.02 Å². The van der Waals surface area contributed by atoms with Crippen molar-refractivity contribution < 1.29 is 18.1 Å². The summed E-state index contributed by atoms with van der Waals surface area (Å²) < 4.78 is 29.5. The van der Waals surface area contributed by atoms with E-state index in [9.17, 15) is 8.42 Å². The van der Waals surface area contributed by atoms with Crippen molar-refractivity contribution in [2.75, 3.05) is 0 Å². The van der Waals surface area contributed by atoms with Crippen molar-refractivity contribution in [1.82, 2.24) is 0 Å². The Hall–Kier alpha value is -0.620. The summed E-state index contributed by atoms with van der Waals surface area (Å²) in [5.74, 6) is 0. The maximum absolute atomic E-state index is 10.5. The molecule has 0 amide bonds. The van der Waals surface area contributed by atoms with Crippen LogP contribution in [-0.2, 0) is 10.1 Å². The molecule has 0 radical (unpaired) electrons. The largest absolute Gasteiger partial charge is 0.371 e. The summed E-state index contributed by atoms with van der Waals surface area (Å²) in [6, 6.07) is 5.48. The Morgan fingerprint density at radius 1 is 1.23 bits per heavy atom. The van der Waals surface area contributed by atoms with E-state index in [1.807, 2.05) is 0 Å². The van der Waals surface area contributed by atoms with Crippen LogP contribution in [0.3, 0.4) is 0 Å². The zero-order valence-corrected chi connectivity index (χ0v) is 7.96. The Labute approximate surface area is 80.5 Å². The van der Waals surface area contributed by atoms with Crippen LogP contribution in [0.5, 0.6) is 0 Å². The zero-order chi connectivity index (χ0) is 10.1. The van der Waals surface area contributed by atoms with Crippen LogP contribution < -0.4 is 0 Å². The van der Waals surface area contributed by atoms with E-state index in [2.05, 4.69) is 0 Å². The topological polar surface area (TPSA) is 74.6 Å². The summed E-state index contributed by atoms with van der Waals surface area (Å²) in [5, 5.41) is 9.49. The second-order valence-corrected chi connectivity index (χ2v) is 4.33. The normalized spacial score (nSPS) is 14.1. The Balaban J connectivity index is 3.04. The lowest BCUT2D eigenvalue weighted by atomic mass is 10.2. The molecule has 0 heterocycles. The SMILES string of the molecule is O=S(=O)(O)C(O)c1ccc(Cl)cc1. The van der Waals surface area contributed by atoms with Crippen LogP contribution in [0, 0.1) is 0 Å². The van der Waals surface area contributed by atoms with Crippen molar-refractivity contribution in [2.24, 2.45) is 0 Å². The third-order valence-corrected chi connectivity index (χ3v) is 2.53. The molecule has 0 saturated carbocycles. The van der Waals surface area contributed by atoms with Crippen LogP contribution in [0.1, 0.15) is 11.0 Å². The summed E-state index contributed by atoms with van der Waals surface area (Å²) in [4.78, 5) is 0. The molecule has 1 atom stereocenters. The highest BCUT2D eigenvalue weighted by molar-refractivity contribution is 7.85. The molecule has 0 aliphatic rings. The van der Waals surface area contributed by atoms with E-state index in [4.69, 9.17) is 21.3 Å². The maximum Gasteiger partial charge on any atom is 0.296 e. The highest BCUT2D eigenvalue weighted by Gasteiger charge is 2.21. The van der Waals surface area contributed by atoms with E-state index in [1.54, 1.807) is 0 Å². The Bertz CT molecular complexity index is 383. The predicted octanol–water partition coefficient (Wildman–Crippen LogP) is 1.22. The van der Waals surface area contributed by atoms with Gasteiger partial charge in [-0.15, -0.1) is 0 Å². The molecule has 1 aromatic rings. The lowest BCUT2D eigenvalue weighted by Gasteiger charge is -2.06. The van der Waals surface area contributed by atoms with Crippen molar-refractivity contribution in [2.45, 2.75) is 5.44 Å². The van der Waals surface area contributed by atoms with Gasteiger partial charge in [-0.2, -0.15) is 8.42 Å². The van der Waals surface area contributed by atoms with E-state index in [1.165, 1.54) is 24.3 Å². The predicted molar refractivity (Wildman–Crippen MR) is 48.0 cm³/mol. The fourth-order valence-corrected chi connectivity index (χ4v) is 1.43. The van der Waals surface area contributed by atoms with Gasteiger partial charge in [0.05, 0.1) is 0 Å². The number of aliphatic hydroxyl groups excluding tert-OH is 1. The number of hydrogen-bond donors (Lipinski definition) is 2. The van der Waals surface area contributed by atoms with Crippen molar-refractivity contribution in [3.63, 3.8) is 0 Å². The molecule has 6 heteroatoms. The highest BCUT2D eigenvalue weighted by Crippen LogP contribution is 2.19. The lowest BCUT2D eigenvalue weighted by molar-refractivity contribution is 0.238. The van der Waals surface area contributed by atoms with Crippen molar-refractivity contribution >= 4 is 21.7 Å². The van der Waals surface area contributed by atoms with Crippen molar-refractivity contribution in [3.8, 4) is 0 Å². The van der Waals surface area contributed by atoms with Crippen molar-refractivity contribution in [1.29, 1.82) is 0 Å². The molecule has 1 aromatic carbocycles. The fourth-order valence-electron chi connectivity index (χ4n) is 0.799. The quantitative estimate of drug-likeness (QED) is 0.738. The fraction of sp³-hybridized carbons (Fsp3) is 0.143. The summed E-state index contributed by atoms with van der Waals surface area (Å²) in [5.41, 5.74) is -1.84. The van der Waals surface area contributed by atoms with Crippen molar-refractivity contribution in [3.05, 3.63) is 34.9 Å². The van der Waals surface area contributed by atoms with Gasteiger partial charge in [0.1, 0.15) is 0 Å². The molecule has 0 fully saturated rings. The Morgan fingerprint density at radius 2 is 1.69 bits per heavy atom. The first-order valence-corrected chi connectivity index (χ1v) is 5.19. The molecular formula is C7H7ClO4S. The number of hydrogen-bond acceptors (Lipinski definition) is 3. The molecule has 0 spiro atoms. The van der Waals surface area contributed by atoms with Crippen LogP contribution in [0.25, 0.3) is 0 Å². The van der Waals surface area contributed by atoms with Gasteiger partial charge in [0, 0.05) is 5.02 Å². The summed E-state index contributed by atoms with van der Waals surface area (Å²) >= 11 is 5.54. The molecule has 0 aliphatic carbocycles. The van der Waals surface area contributed by atoms with E-state index in [-0.39, 0.29) is 5.56 Å². The minimum absolute atomic E-state index is 0.0758. The molecule has 0 saturated heterocycles. The molecule has 0 aliphatic heterocycles. The minimum atomic E-state index is -4.46. The number of rotatable bonds is 2. The third-order valence-electron chi connectivity index (χ3n) is 1.44. The average Bonchev–Trinajstić information content (AvgIpc) is 2.03. The first kappa shape index (κ1) is 10.5. The Morgan fingerprint density at radius 3 is 2.08 bits per heavy atom. The second-order valence-electron chi connectivity index (χ2n) is 2.42. The maximum atomic E-state index is 10.5. The molecule has 0 aromatic heterocycles. The van der Waals surface area contributed by atoms with Gasteiger partial charge in [-0.25, -0.2) is 0 Å². The first-order valence-electron chi connectivity index (χ1n) is 3.31. The molecule has 72 valence electrons. The minimum Gasteiger partial charge on any atom is -0.371 e. The van der Waals surface area contributed by atoms with Gasteiger partial charge in [0.2, 0.25) is 5.44 Å². The Kier molecular flexibility index (Phi) is 2.92. The number of aliphatic hydroxyl groups is 1. The van der Waals surface area contributed by atoms with Crippen LogP contribution in [-0.4, -0.2) is 18.1 Å². The summed E-state index contributed by atoms with van der Waals surface area (Å²) in [7, 11) is -4.46. The van der Waals surface area contributed by atoms with Crippen LogP contribution in [0.15, 0.2) is 24.3 Å².